The molecule has 1 aliphatic heterocycles. The van der Waals surface area contributed by atoms with Crippen LogP contribution in [0.2, 0.25) is 0 Å². The first-order valence-corrected chi connectivity index (χ1v) is 8.63. The van der Waals surface area contributed by atoms with Gasteiger partial charge in [-0.05, 0) is 17.7 Å². The lowest BCUT2D eigenvalue weighted by atomic mass is 10.1. The minimum atomic E-state index is 0.517. The van der Waals surface area contributed by atoms with E-state index >= 15 is 0 Å². The summed E-state index contributed by atoms with van der Waals surface area (Å²) in [6, 6.07) is 18.7. The monoisotopic (exact) mass is 342 g/mol. The fraction of sp³-hybridized carbons (Fsp3) is 0.143. The maximum atomic E-state index is 6.11. The molecule has 0 saturated carbocycles. The van der Waals surface area contributed by atoms with Gasteiger partial charge in [-0.15, -0.1) is 0 Å². The van der Waals surface area contributed by atoms with Crippen molar-refractivity contribution in [1.82, 2.24) is 19.6 Å². The van der Waals surface area contributed by atoms with Crippen LogP contribution in [0.15, 0.2) is 67.0 Å². The Bertz CT molecular complexity index is 1080. The van der Waals surface area contributed by atoms with Crippen molar-refractivity contribution >= 4 is 0 Å². The highest BCUT2D eigenvalue weighted by atomic mass is 16.5. The van der Waals surface area contributed by atoms with Crippen LogP contribution in [0.25, 0.3) is 22.4 Å². The van der Waals surface area contributed by atoms with Gasteiger partial charge in [-0.3, -0.25) is 9.36 Å². The van der Waals surface area contributed by atoms with Gasteiger partial charge in [-0.25, -0.2) is 0 Å². The standard InChI is InChI=1S/C21H18N4O/c1-24-12-18(11-22-24)16-7-8-17-13-25-19(14-26-21(17)9-16)10-20(23-25)15-5-3-2-4-6-15/h2-12H,13-14H2,1H3. The molecule has 128 valence electrons. The van der Waals surface area contributed by atoms with Crippen LogP contribution in [0.4, 0.5) is 0 Å². The predicted molar refractivity (Wildman–Crippen MR) is 99.7 cm³/mol. The third-order valence-corrected chi connectivity index (χ3v) is 4.73. The zero-order valence-electron chi connectivity index (χ0n) is 14.5. The number of rotatable bonds is 2. The molecule has 0 radical (unpaired) electrons. The number of nitrogens with zero attached hydrogens (tertiary/aromatic N) is 4. The van der Waals surface area contributed by atoms with Gasteiger partial charge in [0.25, 0.3) is 0 Å². The zero-order chi connectivity index (χ0) is 17.5. The number of aryl methyl sites for hydroxylation is 1. The van der Waals surface area contributed by atoms with Crippen LogP contribution >= 0.6 is 0 Å². The topological polar surface area (TPSA) is 44.9 Å². The van der Waals surface area contributed by atoms with E-state index in [1.54, 1.807) is 0 Å². The largest absolute Gasteiger partial charge is 0.487 e. The molecule has 1 aliphatic rings. The van der Waals surface area contributed by atoms with Gasteiger partial charge < -0.3 is 4.74 Å². The Kier molecular flexibility index (Phi) is 3.38. The molecule has 2 aromatic heterocycles. The summed E-state index contributed by atoms with van der Waals surface area (Å²) in [7, 11) is 1.92. The second-order valence-electron chi connectivity index (χ2n) is 6.56. The van der Waals surface area contributed by atoms with Crippen molar-refractivity contribution in [3.05, 3.63) is 78.2 Å². The molecule has 0 fully saturated rings. The summed E-state index contributed by atoms with van der Waals surface area (Å²) in [6.07, 6.45) is 3.88. The molecule has 2 aromatic carbocycles. The first-order valence-electron chi connectivity index (χ1n) is 8.63. The normalized spacial score (nSPS) is 12.8. The number of fused-ring (bicyclic) bond motifs is 2. The summed E-state index contributed by atoms with van der Waals surface area (Å²) < 4.78 is 9.95. The van der Waals surface area contributed by atoms with Crippen molar-refractivity contribution < 1.29 is 4.74 Å². The average molecular weight is 342 g/mol. The molecule has 0 aliphatic carbocycles. The molecule has 0 unspecified atom stereocenters. The van der Waals surface area contributed by atoms with Gasteiger partial charge in [0, 0.05) is 29.9 Å². The molecule has 0 atom stereocenters. The Balaban J connectivity index is 1.48. The minimum absolute atomic E-state index is 0.517. The van der Waals surface area contributed by atoms with Crippen LogP contribution in [0.5, 0.6) is 5.75 Å². The van der Waals surface area contributed by atoms with E-state index in [4.69, 9.17) is 9.84 Å². The lowest BCUT2D eigenvalue weighted by molar-refractivity contribution is 0.302. The van der Waals surface area contributed by atoms with Gasteiger partial charge in [0.1, 0.15) is 12.4 Å². The van der Waals surface area contributed by atoms with Crippen LogP contribution in [0.1, 0.15) is 11.3 Å². The van der Waals surface area contributed by atoms with Crippen molar-refractivity contribution in [3.8, 4) is 28.1 Å². The van der Waals surface area contributed by atoms with Crippen molar-refractivity contribution in [1.29, 1.82) is 0 Å². The van der Waals surface area contributed by atoms with E-state index in [9.17, 15) is 0 Å². The van der Waals surface area contributed by atoms with Crippen molar-refractivity contribution in [2.45, 2.75) is 13.2 Å². The third kappa shape index (κ3) is 2.58. The smallest absolute Gasteiger partial charge is 0.130 e. The quantitative estimate of drug-likeness (QED) is 0.555. The summed E-state index contributed by atoms with van der Waals surface area (Å²) >= 11 is 0. The summed E-state index contributed by atoms with van der Waals surface area (Å²) in [5, 5.41) is 9.04. The van der Waals surface area contributed by atoms with Crippen LogP contribution in [0, 0.1) is 0 Å². The molecule has 0 amide bonds. The van der Waals surface area contributed by atoms with Crippen molar-refractivity contribution in [2.75, 3.05) is 0 Å². The van der Waals surface area contributed by atoms with E-state index in [0.29, 0.717) is 13.2 Å². The Morgan fingerprint density at radius 3 is 2.65 bits per heavy atom. The molecule has 0 N–H and O–H groups in total. The predicted octanol–water partition coefficient (Wildman–Crippen LogP) is 3.89. The van der Waals surface area contributed by atoms with E-state index in [1.807, 2.05) is 47.0 Å². The van der Waals surface area contributed by atoms with Crippen LogP contribution in [-0.4, -0.2) is 19.6 Å². The molecule has 3 heterocycles. The Morgan fingerprint density at radius 1 is 0.962 bits per heavy atom. The maximum Gasteiger partial charge on any atom is 0.130 e. The van der Waals surface area contributed by atoms with Gasteiger partial charge in [-0.1, -0.05) is 42.5 Å². The zero-order valence-corrected chi connectivity index (χ0v) is 14.5. The van der Waals surface area contributed by atoms with Crippen molar-refractivity contribution in [3.63, 3.8) is 0 Å². The Hall–Kier alpha value is -3.34. The van der Waals surface area contributed by atoms with E-state index in [0.717, 1.165) is 39.4 Å². The highest BCUT2D eigenvalue weighted by Gasteiger charge is 2.18. The van der Waals surface area contributed by atoms with Gasteiger partial charge in [0.05, 0.1) is 24.1 Å². The SMILES string of the molecule is Cn1cc(-c2ccc3c(c2)OCc2cc(-c4ccccc4)nn2C3)cn1. The third-order valence-electron chi connectivity index (χ3n) is 4.73. The van der Waals surface area contributed by atoms with Gasteiger partial charge >= 0.3 is 0 Å². The molecular weight excluding hydrogens is 324 g/mol. The van der Waals surface area contributed by atoms with Crippen LogP contribution < -0.4 is 4.74 Å². The molecule has 5 heteroatoms. The lowest BCUT2D eigenvalue weighted by Crippen LogP contribution is -2.03. The fourth-order valence-corrected chi connectivity index (χ4v) is 3.34. The van der Waals surface area contributed by atoms with Gasteiger partial charge in [-0.2, -0.15) is 10.2 Å². The van der Waals surface area contributed by atoms with Gasteiger partial charge in [0.2, 0.25) is 0 Å². The molecule has 0 saturated heterocycles. The van der Waals surface area contributed by atoms with E-state index in [-0.39, 0.29) is 0 Å². The number of hydrogen-bond acceptors (Lipinski definition) is 3. The van der Waals surface area contributed by atoms with Gasteiger partial charge in [0.15, 0.2) is 0 Å². The summed E-state index contributed by atoms with van der Waals surface area (Å²) in [6.45, 7) is 1.23. The molecular formula is C21H18N4O. The lowest BCUT2D eigenvalue weighted by Gasteiger charge is -2.08. The molecule has 26 heavy (non-hydrogen) atoms. The first-order chi connectivity index (χ1) is 12.8. The second-order valence-corrected chi connectivity index (χ2v) is 6.56. The minimum Gasteiger partial charge on any atom is -0.487 e. The summed E-state index contributed by atoms with van der Waals surface area (Å²) in [4.78, 5) is 0. The van der Waals surface area contributed by atoms with Crippen molar-refractivity contribution in [2.24, 2.45) is 7.05 Å². The highest BCUT2D eigenvalue weighted by Crippen LogP contribution is 2.31. The molecule has 0 bridgehead atoms. The fourth-order valence-electron chi connectivity index (χ4n) is 3.34. The van der Waals surface area contributed by atoms with Crippen LogP contribution in [-0.2, 0) is 20.2 Å². The van der Waals surface area contributed by atoms with Crippen LogP contribution in [0.3, 0.4) is 0 Å². The van der Waals surface area contributed by atoms with E-state index in [2.05, 4.69) is 41.5 Å². The Morgan fingerprint density at radius 2 is 1.85 bits per heavy atom. The highest BCUT2D eigenvalue weighted by molar-refractivity contribution is 5.65. The molecule has 5 rings (SSSR count). The molecule has 0 spiro atoms. The maximum absolute atomic E-state index is 6.11. The average Bonchev–Trinajstić information content (AvgIpc) is 3.24. The number of benzene rings is 2. The molecule has 4 aromatic rings. The number of aromatic nitrogens is 4. The van der Waals surface area contributed by atoms with E-state index in [1.165, 1.54) is 0 Å². The summed E-state index contributed by atoms with van der Waals surface area (Å²) in [5.41, 5.74) is 6.54. The number of hydrogen-bond donors (Lipinski definition) is 0. The number of ether oxygens (including phenoxy) is 1. The van der Waals surface area contributed by atoms with E-state index < -0.39 is 0 Å². The second kappa shape index (κ2) is 5.88. The molecule has 5 nitrogen and oxygen atoms in total. The summed E-state index contributed by atoms with van der Waals surface area (Å²) in [5.74, 6) is 0.915. The Labute approximate surface area is 151 Å². The first kappa shape index (κ1) is 15.0.